The lowest BCUT2D eigenvalue weighted by Crippen LogP contribution is -2.49. The highest BCUT2D eigenvalue weighted by Crippen LogP contribution is 2.57. The molecule has 2 N–H and O–H groups in total. The zero-order valence-corrected chi connectivity index (χ0v) is 13.1. The maximum atomic E-state index is 12.1. The van der Waals surface area contributed by atoms with Crippen LogP contribution in [0.1, 0.15) is 57.4 Å². The van der Waals surface area contributed by atoms with Gasteiger partial charge in [-0.2, -0.15) is 0 Å². The minimum atomic E-state index is -0.202. The van der Waals surface area contributed by atoms with Crippen LogP contribution in [0.25, 0.3) is 0 Å². The predicted octanol–water partition coefficient (Wildman–Crippen LogP) is 4.08. The van der Waals surface area contributed by atoms with Crippen LogP contribution in [0.3, 0.4) is 0 Å². The summed E-state index contributed by atoms with van der Waals surface area (Å²) < 4.78 is 0. The van der Waals surface area contributed by atoms with Crippen LogP contribution >= 0.6 is 0 Å². The second-order valence-electron chi connectivity index (χ2n) is 7.78. The van der Waals surface area contributed by atoms with Crippen molar-refractivity contribution in [2.24, 2.45) is 22.5 Å². The van der Waals surface area contributed by atoms with Gasteiger partial charge in [-0.05, 0) is 61.8 Å². The van der Waals surface area contributed by atoms with Gasteiger partial charge < -0.3 is 5.73 Å². The van der Waals surface area contributed by atoms with E-state index in [1.54, 1.807) is 0 Å². The highest BCUT2D eigenvalue weighted by Gasteiger charge is 2.51. The summed E-state index contributed by atoms with van der Waals surface area (Å²) in [7, 11) is 0. The van der Waals surface area contributed by atoms with Crippen LogP contribution in [0.5, 0.6) is 0 Å². The van der Waals surface area contributed by atoms with E-state index in [0.29, 0.717) is 11.3 Å². The molecule has 1 aromatic carbocycles. The lowest BCUT2D eigenvalue weighted by Gasteiger charge is -2.52. The molecule has 3 rings (SSSR count). The zero-order chi connectivity index (χ0) is 14.9. The summed E-state index contributed by atoms with van der Waals surface area (Å²) in [5.41, 5.74) is 7.35. The van der Waals surface area contributed by atoms with Gasteiger partial charge in [0, 0.05) is 5.41 Å². The molecule has 2 nitrogen and oxygen atoms in total. The van der Waals surface area contributed by atoms with Crippen molar-refractivity contribution in [3.63, 3.8) is 0 Å². The van der Waals surface area contributed by atoms with Gasteiger partial charge in [0.15, 0.2) is 0 Å². The van der Waals surface area contributed by atoms with Crippen molar-refractivity contribution >= 4 is 5.91 Å². The Hall–Kier alpha value is -1.31. The summed E-state index contributed by atoms with van der Waals surface area (Å²) in [4.78, 5) is 12.1. The third-order valence-electron chi connectivity index (χ3n) is 5.87. The molecule has 114 valence electrons. The lowest BCUT2D eigenvalue weighted by atomic mass is 9.52. The SMILES string of the molecule is C[C@@]12CCCC(C(N)=O)(CC(CCc3ccccc3)C1)C2. The van der Waals surface area contributed by atoms with Crippen molar-refractivity contribution in [3.8, 4) is 0 Å². The van der Waals surface area contributed by atoms with Crippen LogP contribution in [-0.4, -0.2) is 5.91 Å². The Morgan fingerprint density at radius 1 is 1.24 bits per heavy atom. The van der Waals surface area contributed by atoms with Gasteiger partial charge in [0.05, 0.1) is 0 Å². The molecule has 21 heavy (non-hydrogen) atoms. The molecule has 3 atom stereocenters. The third-order valence-corrected chi connectivity index (χ3v) is 5.87. The number of rotatable bonds is 4. The molecule has 2 bridgehead atoms. The molecular formula is C19H27NO. The largest absolute Gasteiger partial charge is 0.369 e. The number of benzene rings is 1. The number of aryl methyl sites for hydroxylation is 1. The molecule has 2 heteroatoms. The fourth-order valence-electron chi connectivity index (χ4n) is 5.05. The second kappa shape index (κ2) is 5.47. The normalized spacial score (nSPS) is 35.4. The molecule has 2 saturated carbocycles. The predicted molar refractivity (Wildman–Crippen MR) is 85.7 cm³/mol. The minimum absolute atomic E-state index is 0.0437. The Kier molecular flexibility index (Phi) is 3.81. The molecule has 0 saturated heterocycles. The minimum Gasteiger partial charge on any atom is -0.369 e. The van der Waals surface area contributed by atoms with Crippen molar-refractivity contribution in [1.82, 2.24) is 0 Å². The van der Waals surface area contributed by atoms with E-state index >= 15 is 0 Å². The first kappa shape index (κ1) is 14.6. The first-order valence-corrected chi connectivity index (χ1v) is 8.35. The Balaban J connectivity index is 1.70. The van der Waals surface area contributed by atoms with Gasteiger partial charge in [-0.3, -0.25) is 4.79 Å². The Morgan fingerprint density at radius 3 is 2.71 bits per heavy atom. The van der Waals surface area contributed by atoms with E-state index in [1.165, 1.54) is 31.2 Å². The van der Waals surface area contributed by atoms with E-state index < -0.39 is 0 Å². The van der Waals surface area contributed by atoms with Gasteiger partial charge >= 0.3 is 0 Å². The van der Waals surface area contributed by atoms with Crippen LogP contribution in [0, 0.1) is 16.7 Å². The molecule has 0 spiro atoms. The fourth-order valence-corrected chi connectivity index (χ4v) is 5.05. The standard InChI is InChI=1S/C19H27NO/c1-18-10-5-11-19(14-18,17(20)21)13-16(12-18)9-8-15-6-3-2-4-7-15/h2-4,6-7,16H,5,8-14H2,1H3,(H2,20,21)/t16?,18-,19?/m1/s1. The quantitative estimate of drug-likeness (QED) is 0.890. The zero-order valence-electron chi connectivity index (χ0n) is 13.1. The Bertz CT molecular complexity index is 512. The number of carbonyl (C=O) groups excluding carboxylic acids is 1. The first-order chi connectivity index (χ1) is 10.0. The van der Waals surface area contributed by atoms with E-state index in [4.69, 9.17) is 5.73 Å². The number of amides is 1. The van der Waals surface area contributed by atoms with Crippen LogP contribution in [0.4, 0.5) is 0 Å². The number of hydrogen-bond donors (Lipinski definition) is 1. The van der Waals surface area contributed by atoms with Crippen LogP contribution in [0.2, 0.25) is 0 Å². The molecule has 1 aromatic rings. The lowest BCUT2D eigenvalue weighted by molar-refractivity contribution is -0.138. The molecule has 2 unspecified atom stereocenters. The highest BCUT2D eigenvalue weighted by atomic mass is 16.1. The number of primary amides is 1. The summed E-state index contributed by atoms with van der Waals surface area (Å²) in [6.07, 6.45) is 9.08. The summed E-state index contributed by atoms with van der Waals surface area (Å²) in [5, 5.41) is 0. The number of fused-ring (bicyclic) bond motifs is 2. The van der Waals surface area contributed by atoms with E-state index in [1.807, 2.05) is 0 Å². The van der Waals surface area contributed by atoms with Gasteiger partial charge in [0.2, 0.25) is 5.91 Å². The fraction of sp³-hybridized carbons (Fsp3) is 0.632. The van der Waals surface area contributed by atoms with E-state index in [2.05, 4.69) is 37.3 Å². The Labute approximate surface area is 128 Å². The Morgan fingerprint density at radius 2 is 2.00 bits per heavy atom. The molecule has 0 radical (unpaired) electrons. The smallest absolute Gasteiger partial charge is 0.223 e. The van der Waals surface area contributed by atoms with Gasteiger partial charge in [0.25, 0.3) is 0 Å². The summed E-state index contributed by atoms with van der Waals surface area (Å²) >= 11 is 0. The number of nitrogens with two attached hydrogens (primary N) is 1. The van der Waals surface area contributed by atoms with Crippen molar-refractivity contribution in [2.45, 2.75) is 58.3 Å². The second-order valence-corrected chi connectivity index (χ2v) is 7.78. The summed E-state index contributed by atoms with van der Waals surface area (Å²) in [5.74, 6) is 0.606. The van der Waals surface area contributed by atoms with E-state index in [-0.39, 0.29) is 11.3 Å². The maximum Gasteiger partial charge on any atom is 0.223 e. The van der Waals surface area contributed by atoms with Gasteiger partial charge in [0.1, 0.15) is 0 Å². The number of hydrogen-bond acceptors (Lipinski definition) is 1. The highest BCUT2D eigenvalue weighted by molar-refractivity contribution is 5.81. The van der Waals surface area contributed by atoms with Crippen molar-refractivity contribution < 1.29 is 4.79 Å². The molecule has 0 heterocycles. The first-order valence-electron chi connectivity index (χ1n) is 8.35. The van der Waals surface area contributed by atoms with Gasteiger partial charge in [-0.15, -0.1) is 0 Å². The van der Waals surface area contributed by atoms with E-state index in [9.17, 15) is 4.79 Å². The van der Waals surface area contributed by atoms with Crippen LogP contribution in [-0.2, 0) is 11.2 Å². The van der Waals surface area contributed by atoms with Gasteiger partial charge in [-0.1, -0.05) is 43.7 Å². The van der Waals surface area contributed by atoms with Crippen molar-refractivity contribution in [2.75, 3.05) is 0 Å². The molecule has 2 fully saturated rings. The third kappa shape index (κ3) is 3.00. The molecule has 2 aliphatic rings. The maximum absolute atomic E-state index is 12.1. The van der Waals surface area contributed by atoms with Crippen molar-refractivity contribution in [3.05, 3.63) is 35.9 Å². The van der Waals surface area contributed by atoms with Crippen LogP contribution in [0.15, 0.2) is 30.3 Å². The van der Waals surface area contributed by atoms with Crippen molar-refractivity contribution in [1.29, 1.82) is 0 Å². The summed E-state index contributed by atoms with van der Waals surface area (Å²) in [6.45, 7) is 2.37. The molecule has 0 aromatic heterocycles. The number of carbonyl (C=O) groups is 1. The molecule has 0 aliphatic heterocycles. The average Bonchev–Trinajstić information content (AvgIpc) is 2.45. The molecule has 2 aliphatic carbocycles. The summed E-state index contributed by atoms with van der Waals surface area (Å²) in [6, 6.07) is 10.7. The van der Waals surface area contributed by atoms with Crippen LogP contribution < -0.4 is 5.73 Å². The average molecular weight is 285 g/mol. The monoisotopic (exact) mass is 285 g/mol. The van der Waals surface area contributed by atoms with Gasteiger partial charge in [-0.25, -0.2) is 0 Å². The van der Waals surface area contributed by atoms with E-state index in [0.717, 1.165) is 25.7 Å². The topological polar surface area (TPSA) is 43.1 Å². The molecular weight excluding hydrogens is 258 g/mol. The molecule has 1 amide bonds.